The normalized spacial score (nSPS) is 11.4. The van der Waals surface area contributed by atoms with Crippen molar-refractivity contribution in [3.63, 3.8) is 0 Å². The summed E-state index contributed by atoms with van der Waals surface area (Å²) in [5.41, 5.74) is 12.1. The largest absolute Gasteiger partial charge is 0.317 e. The Kier molecular flexibility index (Phi) is 7.36. The fourth-order valence-electron chi connectivity index (χ4n) is 7.52. The van der Waals surface area contributed by atoms with Crippen molar-refractivity contribution in [1.82, 2.24) is 24.1 Å². The van der Waals surface area contributed by atoms with Gasteiger partial charge in [0.25, 0.3) is 0 Å². The Hall–Kier alpha value is -7.31. The van der Waals surface area contributed by atoms with E-state index in [0.29, 0.717) is 5.82 Å². The summed E-state index contributed by atoms with van der Waals surface area (Å²) in [5, 5.41) is 3.62. The molecule has 0 unspecified atom stereocenters. The molecule has 0 fully saturated rings. The van der Waals surface area contributed by atoms with E-state index < -0.39 is 0 Å². The number of nitrogens with zero attached hydrogens (tertiary/aromatic N) is 6. The zero-order valence-corrected chi connectivity index (χ0v) is 28.7. The molecule has 6 heteroatoms. The van der Waals surface area contributed by atoms with E-state index in [1.807, 2.05) is 18.3 Å². The van der Waals surface area contributed by atoms with Crippen molar-refractivity contribution >= 4 is 49.8 Å². The van der Waals surface area contributed by atoms with Crippen LogP contribution in [0.2, 0.25) is 0 Å². The van der Waals surface area contributed by atoms with Gasteiger partial charge < -0.3 is 14.0 Å². The molecule has 6 nitrogen and oxygen atoms in total. The fraction of sp³-hybridized carbons (Fsp3) is 0. The minimum atomic E-state index is 0.702. The van der Waals surface area contributed by atoms with Crippen molar-refractivity contribution in [1.29, 1.82) is 0 Å². The number of hydrogen-bond acceptors (Lipinski definition) is 4. The first-order valence-electron chi connectivity index (χ1n) is 17.7. The number of rotatable bonds is 7. The third-order valence-corrected chi connectivity index (χ3v) is 9.96. The first-order chi connectivity index (χ1) is 26.3. The molecule has 0 aliphatic rings. The van der Waals surface area contributed by atoms with Crippen molar-refractivity contribution in [3.05, 3.63) is 195 Å². The van der Waals surface area contributed by atoms with Gasteiger partial charge in [-0.05, 0) is 120 Å². The molecule has 0 spiro atoms. The van der Waals surface area contributed by atoms with Gasteiger partial charge in [-0.2, -0.15) is 0 Å². The van der Waals surface area contributed by atoms with Gasteiger partial charge in [0, 0.05) is 81.1 Å². The number of hydrogen-bond donors (Lipinski definition) is 0. The molecular weight excluding hydrogens is 649 g/mol. The average Bonchev–Trinajstić information content (AvgIpc) is 3.82. The zero-order chi connectivity index (χ0) is 35.1. The van der Waals surface area contributed by atoms with Crippen molar-refractivity contribution < 1.29 is 0 Å². The molecule has 4 heterocycles. The SMILES string of the molecule is c1ccc(-n2ccc3c4c5cc(N(c6ccc(-c7cccnc7)cc6)c6ccc(-c7ncccn7)cc6)ccc5n(-c5ccccc5)c4ccc32)cc1. The van der Waals surface area contributed by atoms with E-state index in [0.717, 1.165) is 50.6 Å². The van der Waals surface area contributed by atoms with Gasteiger partial charge in [-0.1, -0.05) is 54.6 Å². The maximum atomic E-state index is 4.48. The summed E-state index contributed by atoms with van der Waals surface area (Å²) < 4.78 is 4.66. The van der Waals surface area contributed by atoms with E-state index in [9.17, 15) is 0 Å². The van der Waals surface area contributed by atoms with Crippen LogP contribution in [0.25, 0.3) is 66.6 Å². The molecule has 250 valence electrons. The Bertz CT molecular complexity index is 2760. The van der Waals surface area contributed by atoms with E-state index in [2.05, 4.69) is 187 Å². The monoisotopic (exact) mass is 680 g/mol. The highest BCUT2D eigenvalue weighted by molar-refractivity contribution is 6.22. The van der Waals surface area contributed by atoms with Gasteiger partial charge >= 0.3 is 0 Å². The molecule has 4 aromatic heterocycles. The van der Waals surface area contributed by atoms with E-state index in [1.54, 1.807) is 18.6 Å². The van der Waals surface area contributed by atoms with Gasteiger partial charge in [0.1, 0.15) is 0 Å². The zero-order valence-electron chi connectivity index (χ0n) is 28.7. The molecule has 53 heavy (non-hydrogen) atoms. The number of fused-ring (bicyclic) bond motifs is 5. The van der Waals surface area contributed by atoms with Gasteiger partial charge in [0.05, 0.1) is 16.6 Å². The lowest BCUT2D eigenvalue weighted by atomic mass is 10.1. The quantitative estimate of drug-likeness (QED) is 0.168. The second-order valence-corrected chi connectivity index (χ2v) is 13.0. The van der Waals surface area contributed by atoms with Gasteiger partial charge in [-0.25, -0.2) is 9.97 Å². The van der Waals surface area contributed by atoms with Crippen LogP contribution >= 0.6 is 0 Å². The average molecular weight is 681 g/mol. The minimum absolute atomic E-state index is 0.702. The Morgan fingerprint density at radius 3 is 1.77 bits per heavy atom. The summed E-state index contributed by atoms with van der Waals surface area (Å²) in [4.78, 5) is 15.6. The van der Waals surface area contributed by atoms with Crippen LogP contribution in [0.15, 0.2) is 195 Å². The van der Waals surface area contributed by atoms with Gasteiger partial charge in [0.2, 0.25) is 0 Å². The number of benzene rings is 6. The summed E-state index contributed by atoms with van der Waals surface area (Å²) in [6.07, 6.45) is 9.44. The highest BCUT2D eigenvalue weighted by Crippen LogP contribution is 2.43. The maximum Gasteiger partial charge on any atom is 0.159 e. The third-order valence-electron chi connectivity index (χ3n) is 9.96. The lowest BCUT2D eigenvalue weighted by molar-refractivity contribution is 1.13. The van der Waals surface area contributed by atoms with E-state index in [1.165, 1.54) is 27.2 Å². The minimum Gasteiger partial charge on any atom is -0.317 e. The second-order valence-electron chi connectivity index (χ2n) is 13.0. The molecule has 6 aromatic carbocycles. The molecule has 0 bridgehead atoms. The Balaban J connectivity index is 1.19. The van der Waals surface area contributed by atoms with Crippen LogP contribution in [-0.4, -0.2) is 24.1 Å². The second kappa shape index (κ2) is 12.8. The van der Waals surface area contributed by atoms with Gasteiger partial charge in [-0.3, -0.25) is 4.98 Å². The number of pyridine rings is 1. The van der Waals surface area contributed by atoms with Crippen LogP contribution in [0.1, 0.15) is 0 Å². The first kappa shape index (κ1) is 30.5. The molecule has 0 amide bonds. The van der Waals surface area contributed by atoms with Crippen molar-refractivity contribution in [3.8, 4) is 33.9 Å². The summed E-state index contributed by atoms with van der Waals surface area (Å²) in [6.45, 7) is 0. The van der Waals surface area contributed by atoms with Crippen molar-refractivity contribution in [2.24, 2.45) is 0 Å². The molecule has 10 rings (SSSR count). The Labute approximate surface area is 306 Å². The van der Waals surface area contributed by atoms with Gasteiger partial charge in [-0.15, -0.1) is 0 Å². The van der Waals surface area contributed by atoms with E-state index in [-0.39, 0.29) is 0 Å². The summed E-state index contributed by atoms with van der Waals surface area (Å²) >= 11 is 0. The molecule has 0 saturated heterocycles. The molecule has 0 N–H and O–H groups in total. The molecule has 0 aliphatic heterocycles. The highest BCUT2D eigenvalue weighted by Gasteiger charge is 2.20. The standard InChI is InChI=1S/C47H32N6/c1-3-10-36(11-4-1)51-30-26-41-43(51)24-25-45-46(41)42-31-40(22-23-44(42)53(45)37-12-5-2-6-13-37)52(38-18-14-33(15-19-38)35-9-7-27-48-32-35)39-20-16-34(17-21-39)47-49-28-8-29-50-47/h1-32H. The van der Waals surface area contributed by atoms with Crippen molar-refractivity contribution in [2.45, 2.75) is 0 Å². The predicted octanol–water partition coefficient (Wildman–Crippen LogP) is 11.7. The van der Waals surface area contributed by atoms with Crippen LogP contribution in [0.3, 0.4) is 0 Å². The maximum absolute atomic E-state index is 4.48. The summed E-state index contributed by atoms with van der Waals surface area (Å²) in [5.74, 6) is 0.702. The lowest BCUT2D eigenvalue weighted by Crippen LogP contribution is -2.10. The number of aromatic nitrogens is 5. The highest BCUT2D eigenvalue weighted by atomic mass is 15.1. The number of anilines is 3. The van der Waals surface area contributed by atoms with Crippen LogP contribution in [0.5, 0.6) is 0 Å². The van der Waals surface area contributed by atoms with Gasteiger partial charge in [0.15, 0.2) is 5.82 Å². The predicted molar refractivity (Wildman–Crippen MR) is 217 cm³/mol. The molecule has 0 atom stereocenters. The summed E-state index contributed by atoms with van der Waals surface area (Å²) in [6, 6.07) is 57.9. The van der Waals surface area contributed by atoms with Crippen LogP contribution in [-0.2, 0) is 0 Å². The topological polar surface area (TPSA) is 51.8 Å². The Morgan fingerprint density at radius 2 is 1.08 bits per heavy atom. The van der Waals surface area contributed by atoms with Crippen LogP contribution in [0, 0.1) is 0 Å². The summed E-state index contributed by atoms with van der Waals surface area (Å²) in [7, 11) is 0. The Morgan fingerprint density at radius 1 is 0.434 bits per heavy atom. The molecular formula is C47H32N6. The smallest absolute Gasteiger partial charge is 0.159 e. The molecule has 0 radical (unpaired) electrons. The molecule has 0 aliphatic carbocycles. The molecule has 0 saturated carbocycles. The van der Waals surface area contributed by atoms with Crippen LogP contribution < -0.4 is 4.90 Å². The third kappa shape index (κ3) is 5.32. The first-order valence-corrected chi connectivity index (χ1v) is 17.7. The fourth-order valence-corrected chi connectivity index (χ4v) is 7.52. The van der Waals surface area contributed by atoms with E-state index in [4.69, 9.17) is 0 Å². The number of para-hydroxylation sites is 2. The lowest BCUT2D eigenvalue weighted by Gasteiger charge is -2.26. The van der Waals surface area contributed by atoms with E-state index >= 15 is 0 Å². The van der Waals surface area contributed by atoms with Crippen molar-refractivity contribution in [2.75, 3.05) is 4.90 Å². The molecule has 10 aromatic rings. The van der Waals surface area contributed by atoms with Crippen LogP contribution in [0.4, 0.5) is 17.1 Å².